The van der Waals surface area contributed by atoms with Crippen LogP contribution in [0.5, 0.6) is 0 Å². The Morgan fingerprint density at radius 3 is 2.43 bits per heavy atom. The van der Waals surface area contributed by atoms with Crippen LogP contribution in [-0.4, -0.2) is 44.5 Å². The molecule has 0 heterocycles. The van der Waals surface area contributed by atoms with Gasteiger partial charge in [0.05, 0.1) is 6.54 Å². The molecule has 0 bridgehead atoms. The summed E-state index contributed by atoms with van der Waals surface area (Å²) in [5, 5.41) is 12.0. The Morgan fingerprint density at radius 2 is 1.70 bits per heavy atom. The molecule has 2 rings (SSSR count). The van der Waals surface area contributed by atoms with Crippen molar-refractivity contribution in [1.29, 1.82) is 0 Å². The van der Waals surface area contributed by atoms with Gasteiger partial charge in [0, 0.05) is 38.7 Å². The van der Waals surface area contributed by atoms with E-state index in [1.807, 2.05) is 55.5 Å². The Hall–Kier alpha value is -3.35. The van der Waals surface area contributed by atoms with Crippen LogP contribution in [0.15, 0.2) is 59.6 Å². The Labute approximate surface area is 178 Å². The summed E-state index contributed by atoms with van der Waals surface area (Å²) in [5.41, 5.74) is 2.79. The minimum Gasteiger partial charge on any atom is -0.357 e. The molecule has 0 aliphatic carbocycles. The third-order valence-corrected chi connectivity index (χ3v) is 4.41. The van der Waals surface area contributed by atoms with Crippen molar-refractivity contribution < 1.29 is 9.59 Å². The number of nitrogens with zero attached hydrogens (tertiary/aromatic N) is 1. The van der Waals surface area contributed by atoms with Crippen LogP contribution >= 0.6 is 0 Å². The summed E-state index contributed by atoms with van der Waals surface area (Å²) in [6.45, 7) is 4.33. The van der Waals surface area contributed by atoms with Gasteiger partial charge in [0.1, 0.15) is 0 Å². The summed E-state index contributed by atoms with van der Waals surface area (Å²) in [4.78, 5) is 28.2. The van der Waals surface area contributed by atoms with Crippen LogP contribution in [0.25, 0.3) is 0 Å². The summed E-state index contributed by atoms with van der Waals surface area (Å²) in [7, 11) is 1.62. The second kappa shape index (κ2) is 13.0. The quantitative estimate of drug-likeness (QED) is 0.356. The highest BCUT2D eigenvalue weighted by atomic mass is 16.2. The molecule has 2 aromatic carbocycles. The van der Waals surface area contributed by atoms with Crippen molar-refractivity contribution in [3.63, 3.8) is 0 Å². The average Bonchev–Trinajstić information content (AvgIpc) is 2.78. The van der Waals surface area contributed by atoms with Gasteiger partial charge in [-0.2, -0.15) is 0 Å². The first-order valence-corrected chi connectivity index (χ1v) is 10.3. The van der Waals surface area contributed by atoms with Crippen LogP contribution in [0.2, 0.25) is 0 Å². The fourth-order valence-electron chi connectivity index (χ4n) is 2.83. The second-order valence-corrected chi connectivity index (χ2v) is 6.73. The Balaban J connectivity index is 1.76. The zero-order valence-corrected chi connectivity index (χ0v) is 17.7. The van der Waals surface area contributed by atoms with Crippen molar-refractivity contribution in [2.75, 3.05) is 26.7 Å². The normalized spacial score (nSPS) is 10.9. The van der Waals surface area contributed by atoms with Crippen LogP contribution in [0.1, 0.15) is 34.8 Å². The van der Waals surface area contributed by atoms with E-state index in [1.165, 1.54) is 0 Å². The van der Waals surface area contributed by atoms with Crippen molar-refractivity contribution in [3.05, 3.63) is 71.3 Å². The standard InChI is InChI=1S/C23H31N5O2/c1-3-25-23(26-14-12-18-10-7-11-20(16-18)22(30)24-2)27-15-13-21(29)28-17-19-8-5-4-6-9-19/h4-11,16H,3,12-15,17H2,1-2H3,(H,24,30)(H,28,29)(H2,25,26,27). The Morgan fingerprint density at radius 1 is 0.933 bits per heavy atom. The number of aliphatic imine (C=N–C) groups is 1. The van der Waals surface area contributed by atoms with Gasteiger partial charge >= 0.3 is 0 Å². The van der Waals surface area contributed by atoms with E-state index in [0.29, 0.717) is 37.6 Å². The third kappa shape index (κ3) is 8.34. The van der Waals surface area contributed by atoms with E-state index >= 15 is 0 Å². The predicted molar refractivity (Wildman–Crippen MR) is 120 cm³/mol. The second-order valence-electron chi connectivity index (χ2n) is 6.73. The molecule has 0 radical (unpaired) electrons. The van der Waals surface area contributed by atoms with E-state index in [9.17, 15) is 9.59 Å². The molecule has 160 valence electrons. The highest BCUT2D eigenvalue weighted by Crippen LogP contribution is 2.05. The third-order valence-electron chi connectivity index (χ3n) is 4.41. The summed E-state index contributed by atoms with van der Waals surface area (Å²) in [6.07, 6.45) is 1.09. The van der Waals surface area contributed by atoms with Crippen molar-refractivity contribution in [1.82, 2.24) is 21.3 Å². The maximum Gasteiger partial charge on any atom is 0.251 e. The fraction of sp³-hybridized carbons (Fsp3) is 0.348. The molecule has 0 aliphatic rings. The molecule has 4 N–H and O–H groups in total. The van der Waals surface area contributed by atoms with Crippen LogP contribution in [0, 0.1) is 0 Å². The lowest BCUT2D eigenvalue weighted by molar-refractivity contribution is -0.121. The topological polar surface area (TPSA) is 94.6 Å². The Bertz CT molecular complexity index is 836. The molecule has 2 aromatic rings. The lowest BCUT2D eigenvalue weighted by Crippen LogP contribution is -2.38. The molecule has 7 heteroatoms. The van der Waals surface area contributed by atoms with Gasteiger partial charge < -0.3 is 21.3 Å². The van der Waals surface area contributed by atoms with E-state index in [0.717, 1.165) is 24.1 Å². The zero-order chi connectivity index (χ0) is 21.6. The molecule has 0 fully saturated rings. The molecular formula is C23H31N5O2. The molecule has 0 saturated carbocycles. The number of hydrogen-bond donors (Lipinski definition) is 4. The minimum atomic E-state index is -0.0924. The van der Waals surface area contributed by atoms with Crippen molar-refractivity contribution in [3.8, 4) is 0 Å². The first-order chi connectivity index (χ1) is 14.6. The first kappa shape index (κ1) is 22.9. The van der Waals surface area contributed by atoms with Crippen molar-refractivity contribution >= 4 is 17.8 Å². The van der Waals surface area contributed by atoms with E-state index < -0.39 is 0 Å². The van der Waals surface area contributed by atoms with E-state index in [-0.39, 0.29) is 11.8 Å². The molecule has 30 heavy (non-hydrogen) atoms. The van der Waals surface area contributed by atoms with Gasteiger partial charge in [-0.1, -0.05) is 42.5 Å². The summed E-state index contributed by atoms with van der Waals surface area (Å²) in [5.74, 6) is 0.561. The SMILES string of the molecule is CCNC(=NCCC(=O)NCc1ccccc1)NCCc1cccc(C(=O)NC)c1. The maximum absolute atomic E-state index is 12.0. The maximum atomic E-state index is 12.0. The highest BCUT2D eigenvalue weighted by molar-refractivity contribution is 5.94. The van der Waals surface area contributed by atoms with Gasteiger partial charge in [0.2, 0.25) is 5.91 Å². The van der Waals surface area contributed by atoms with E-state index in [2.05, 4.69) is 26.3 Å². The zero-order valence-electron chi connectivity index (χ0n) is 17.7. The largest absolute Gasteiger partial charge is 0.357 e. The number of nitrogens with one attached hydrogen (secondary N) is 4. The number of guanidine groups is 1. The van der Waals surface area contributed by atoms with Crippen molar-refractivity contribution in [2.24, 2.45) is 4.99 Å². The Kier molecular flexibility index (Phi) is 9.92. The lowest BCUT2D eigenvalue weighted by Gasteiger charge is -2.12. The molecule has 0 aromatic heterocycles. The van der Waals surface area contributed by atoms with Crippen LogP contribution in [0.4, 0.5) is 0 Å². The van der Waals surface area contributed by atoms with E-state index in [4.69, 9.17) is 0 Å². The van der Waals surface area contributed by atoms with Gasteiger partial charge in [0.15, 0.2) is 5.96 Å². The molecule has 7 nitrogen and oxygen atoms in total. The average molecular weight is 410 g/mol. The van der Waals surface area contributed by atoms with Crippen molar-refractivity contribution in [2.45, 2.75) is 26.3 Å². The van der Waals surface area contributed by atoms with Gasteiger partial charge in [0.25, 0.3) is 5.91 Å². The molecular weight excluding hydrogens is 378 g/mol. The van der Waals surface area contributed by atoms with Gasteiger partial charge in [-0.05, 0) is 36.6 Å². The summed E-state index contributed by atoms with van der Waals surface area (Å²) < 4.78 is 0. The van der Waals surface area contributed by atoms with Crippen LogP contribution in [0.3, 0.4) is 0 Å². The van der Waals surface area contributed by atoms with Gasteiger partial charge in [-0.15, -0.1) is 0 Å². The molecule has 0 spiro atoms. The number of hydrogen-bond acceptors (Lipinski definition) is 3. The highest BCUT2D eigenvalue weighted by Gasteiger charge is 2.05. The van der Waals surface area contributed by atoms with Gasteiger partial charge in [-0.3, -0.25) is 14.6 Å². The number of carbonyl (C=O) groups excluding carboxylic acids is 2. The molecule has 0 aliphatic heterocycles. The van der Waals surface area contributed by atoms with E-state index in [1.54, 1.807) is 13.1 Å². The predicted octanol–water partition coefficient (Wildman–Crippen LogP) is 1.85. The lowest BCUT2D eigenvalue weighted by atomic mass is 10.1. The number of carbonyl (C=O) groups is 2. The molecule has 0 saturated heterocycles. The summed E-state index contributed by atoms with van der Waals surface area (Å²) >= 11 is 0. The smallest absolute Gasteiger partial charge is 0.251 e. The number of rotatable bonds is 10. The fourth-order valence-corrected chi connectivity index (χ4v) is 2.83. The summed E-state index contributed by atoms with van der Waals surface area (Å²) in [6, 6.07) is 17.4. The minimum absolute atomic E-state index is 0.0236. The van der Waals surface area contributed by atoms with Gasteiger partial charge in [-0.25, -0.2) is 0 Å². The molecule has 0 atom stereocenters. The monoisotopic (exact) mass is 409 g/mol. The molecule has 0 unspecified atom stereocenters. The molecule has 2 amide bonds. The van der Waals surface area contributed by atoms with Crippen LogP contribution in [-0.2, 0) is 17.8 Å². The first-order valence-electron chi connectivity index (χ1n) is 10.3. The number of amides is 2. The van der Waals surface area contributed by atoms with Crippen LogP contribution < -0.4 is 21.3 Å². The number of benzene rings is 2.